The van der Waals surface area contributed by atoms with E-state index in [0.717, 1.165) is 5.56 Å². The average Bonchev–Trinajstić information content (AvgIpc) is 3.04. The molecule has 0 bridgehead atoms. The van der Waals surface area contributed by atoms with E-state index in [1.807, 2.05) is 32.9 Å². The van der Waals surface area contributed by atoms with Crippen LogP contribution in [0, 0.1) is 0 Å². The molecule has 2 amide bonds. The molecule has 0 aliphatic carbocycles. The molecule has 2 heterocycles. The Kier molecular flexibility index (Phi) is 15.7. The monoisotopic (exact) mass is 694 g/mol. The number of pyridine rings is 1. The largest absolute Gasteiger partial charge is 0.447 e. The molecule has 0 atom stereocenters. The van der Waals surface area contributed by atoms with Crippen LogP contribution in [-0.4, -0.2) is 118 Å². The average molecular weight is 695 g/mol. The third-order valence-electron chi connectivity index (χ3n) is 6.66. The zero-order valence-electron chi connectivity index (χ0n) is 27.2. The second kappa shape index (κ2) is 19.4. The number of carbonyl (C=O) groups excluding carboxylic acids is 2. The number of piperazine rings is 1. The summed E-state index contributed by atoms with van der Waals surface area (Å²) in [6.07, 6.45) is 3.17. The summed E-state index contributed by atoms with van der Waals surface area (Å²) in [5.74, 6) is -0.0849. The van der Waals surface area contributed by atoms with E-state index in [1.54, 1.807) is 41.6 Å². The van der Waals surface area contributed by atoms with Crippen LogP contribution in [0.1, 0.15) is 32.8 Å². The standard InChI is InChI=1S/C31H46N6O8S2/c1-31(2,3)35-30(39)45-22-21-44-20-19-43-18-17-42-16-10-28(38)36-12-14-37(15-13-36)47(40,41)27-8-6-26(7-9-27)34-29(46)33-24-25-5-4-11-32-23-25/h4-9,11,23H,10,12-22,24H2,1-3H3,(H,35,39)(H2,33,34,46). The molecule has 3 rings (SSSR count). The van der Waals surface area contributed by atoms with Gasteiger partial charge < -0.3 is 39.8 Å². The van der Waals surface area contributed by atoms with E-state index < -0.39 is 16.1 Å². The van der Waals surface area contributed by atoms with E-state index in [0.29, 0.717) is 56.9 Å². The Morgan fingerprint density at radius 3 is 2.11 bits per heavy atom. The van der Waals surface area contributed by atoms with Gasteiger partial charge in [-0.3, -0.25) is 9.78 Å². The summed E-state index contributed by atoms with van der Waals surface area (Å²) in [4.78, 5) is 30.1. The van der Waals surface area contributed by atoms with E-state index in [-0.39, 0.29) is 55.7 Å². The Bertz CT molecular complexity index is 1370. The fraction of sp³-hybridized carbons (Fsp3) is 0.548. The Balaban J connectivity index is 1.23. The molecule has 1 aromatic heterocycles. The van der Waals surface area contributed by atoms with Crippen molar-refractivity contribution in [3.63, 3.8) is 0 Å². The van der Waals surface area contributed by atoms with Crippen LogP contribution < -0.4 is 16.0 Å². The van der Waals surface area contributed by atoms with Crippen molar-refractivity contribution < 1.29 is 37.0 Å². The number of hydrogen-bond acceptors (Lipinski definition) is 10. The Labute approximate surface area is 282 Å². The van der Waals surface area contributed by atoms with Crippen LogP contribution in [0.4, 0.5) is 10.5 Å². The Hall–Kier alpha value is -3.41. The molecule has 47 heavy (non-hydrogen) atoms. The van der Waals surface area contributed by atoms with Crippen LogP contribution in [0.2, 0.25) is 0 Å². The second-order valence-corrected chi connectivity index (χ2v) is 13.9. The first-order valence-electron chi connectivity index (χ1n) is 15.4. The maximum atomic E-state index is 13.2. The minimum absolute atomic E-state index is 0.0849. The van der Waals surface area contributed by atoms with Gasteiger partial charge in [-0.2, -0.15) is 4.31 Å². The van der Waals surface area contributed by atoms with Gasteiger partial charge in [0.2, 0.25) is 15.9 Å². The van der Waals surface area contributed by atoms with Gasteiger partial charge in [-0.25, -0.2) is 13.2 Å². The Morgan fingerprint density at radius 1 is 0.894 bits per heavy atom. The minimum Gasteiger partial charge on any atom is -0.447 e. The van der Waals surface area contributed by atoms with Crippen molar-refractivity contribution in [1.82, 2.24) is 24.8 Å². The predicted molar refractivity (Wildman–Crippen MR) is 180 cm³/mol. The first-order chi connectivity index (χ1) is 22.4. The molecule has 0 radical (unpaired) electrons. The molecule has 1 saturated heterocycles. The van der Waals surface area contributed by atoms with Gasteiger partial charge in [-0.05, 0) is 68.9 Å². The summed E-state index contributed by atoms with van der Waals surface area (Å²) in [5, 5.41) is 9.24. The third kappa shape index (κ3) is 14.5. The summed E-state index contributed by atoms with van der Waals surface area (Å²) < 4.78 is 49.1. The van der Waals surface area contributed by atoms with Crippen LogP contribution in [0.5, 0.6) is 0 Å². The highest BCUT2D eigenvalue weighted by Crippen LogP contribution is 2.20. The zero-order chi connectivity index (χ0) is 34.1. The van der Waals surface area contributed by atoms with Gasteiger partial charge in [-0.1, -0.05) is 6.07 Å². The lowest BCUT2D eigenvalue weighted by Gasteiger charge is -2.34. The number of nitrogens with one attached hydrogen (secondary N) is 3. The highest BCUT2D eigenvalue weighted by Gasteiger charge is 2.30. The highest BCUT2D eigenvalue weighted by atomic mass is 32.2. The van der Waals surface area contributed by atoms with Gasteiger partial charge in [0.05, 0.1) is 51.0 Å². The number of thiocarbonyl (C=S) groups is 1. The van der Waals surface area contributed by atoms with E-state index in [2.05, 4.69) is 20.9 Å². The molecule has 2 aromatic rings. The smallest absolute Gasteiger partial charge is 0.407 e. The fourth-order valence-corrected chi connectivity index (χ4v) is 5.90. The van der Waals surface area contributed by atoms with Gasteiger partial charge in [0.1, 0.15) is 6.61 Å². The van der Waals surface area contributed by atoms with Crippen LogP contribution >= 0.6 is 12.2 Å². The van der Waals surface area contributed by atoms with Crippen molar-refractivity contribution in [2.45, 2.75) is 44.2 Å². The number of carbonyl (C=O) groups is 2. The number of benzene rings is 1. The van der Waals surface area contributed by atoms with Crippen molar-refractivity contribution in [2.75, 3.05) is 77.7 Å². The Morgan fingerprint density at radius 2 is 1.51 bits per heavy atom. The number of aromatic nitrogens is 1. The van der Waals surface area contributed by atoms with E-state index in [9.17, 15) is 18.0 Å². The highest BCUT2D eigenvalue weighted by molar-refractivity contribution is 7.89. The number of anilines is 1. The summed E-state index contributed by atoms with van der Waals surface area (Å²) in [7, 11) is -3.71. The van der Waals surface area contributed by atoms with Crippen LogP contribution in [0.25, 0.3) is 0 Å². The molecular formula is C31H46N6O8S2. The lowest BCUT2D eigenvalue weighted by atomic mass is 10.1. The molecule has 1 aliphatic heterocycles. The van der Waals surface area contributed by atoms with Crippen molar-refractivity contribution in [3.05, 3.63) is 54.4 Å². The molecule has 16 heteroatoms. The minimum atomic E-state index is -3.71. The van der Waals surface area contributed by atoms with Gasteiger partial charge in [0, 0.05) is 56.3 Å². The van der Waals surface area contributed by atoms with Gasteiger partial charge >= 0.3 is 6.09 Å². The van der Waals surface area contributed by atoms with Crippen LogP contribution in [0.15, 0.2) is 53.7 Å². The SMILES string of the molecule is CC(C)(C)NC(=O)OCCOCCOCCOCCC(=O)N1CCN(S(=O)(=O)c2ccc(NC(=S)NCc3cccnc3)cc2)CC1. The number of rotatable bonds is 17. The summed E-state index contributed by atoms with van der Waals surface area (Å²) >= 11 is 5.33. The first-order valence-corrected chi connectivity index (χ1v) is 17.3. The maximum absolute atomic E-state index is 13.2. The summed E-state index contributed by atoms with van der Waals surface area (Å²) in [6, 6.07) is 10.2. The molecule has 3 N–H and O–H groups in total. The number of ether oxygens (including phenoxy) is 4. The molecule has 14 nitrogen and oxygen atoms in total. The second-order valence-electron chi connectivity index (χ2n) is 11.6. The van der Waals surface area contributed by atoms with Crippen molar-refractivity contribution in [2.24, 2.45) is 0 Å². The number of sulfonamides is 1. The number of nitrogens with zero attached hydrogens (tertiary/aromatic N) is 3. The molecule has 1 aromatic carbocycles. The van der Waals surface area contributed by atoms with Gasteiger partial charge in [-0.15, -0.1) is 0 Å². The lowest BCUT2D eigenvalue weighted by molar-refractivity contribution is -0.133. The van der Waals surface area contributed by atoms with E-state index in [1.165, 1.54) is 4.31 Å². The normalized spacial score (nSPS) is 14.0. The van der Waals surface area contributed by atoms with Crippen molar-refractivity contribution in [1.29, 1.82) is 0 Å². The number of alkyl carbamates (subject to hydrolysis) is 1. The quantitative estimate of drug-likeness (QED) is 0.164. The van der Waals surface area contributed by atoms with Crippen LogP contribution in [0.3, 0.4) is 0 Å². The molecule has 1 aliphatic rings. The molecule has 0 saturated carbocycles. The van der Waals surface area contributed by atoms with E-state index >= 15 is 0 Å². The summed E-state index contributed by atoms with van der Waals surface area (Å²) in [5.41, 5.74) is 1.29. The third-order valence-corrected chi connectivity index (χ3v) is 8.82. The molecule has 0 unspecified atom stereocenters. The fourth-order valence-electron chi connectivity index (χ4n) is 4.29. The van der Waals surface area contributed by atoms with Crippen molar-refractivity contribution in [3.8, 4) is 0 Å². The first kappa shape index (κ1) is 38.0. The van der Waals surface area contributed by atoms with Gasteiger partial charge in [0.15, 0.2) is 5.11 Å². The topological polar surface area (TPSA) is 161 Å². The lowest BCUT2D eigenvalue weighted by Crippen LogP contribution is -2.50. The number of hydrogen-bond donors (Lipinski definition) is 3. The van der Waals surface area contributed by atoms with E-state index in [4.69, 9.17) is 31.2 Å². The predicted octanol–water partition coefficient (Wildman–Crippen LogP) is 2.37. The zero-order valence-corrected chi connectivity index (χ0v) is 28.9. The molecular weight excluding hydrogens is 649 g/mol. The number of amides is 2. The van der Waals surface area contributed by atoms with Crippen molar-refractivity contribution >= 4 is 45.0 Å². The summed E-state index contributed by atoms with van der Waals surface area (Å²) in [6.45, 7) is 9.23. The molecule has 260 valence electrons. The van der Waals surface area contributed by atoms with Gasteiger partial charge in [0.25, 0.3) is 0 Å². The molecule has 1 fully saturated rings. The maximum Gasteiger partial charge on any atom is 0.407 e. The van der Waals surface area contributed by atoms with Crippen LogP contribution in [-0.2, 0) is 40.3 Å². The molecule has 0 spiro atoms.